The molecule has 0 aromatic heterocycles. The zero-order valence-corrected chi connectivity index (χ0v) is 13.3. The van der Waals surface area contributed by atoms with Crippen LogP contribution < -0.4 is 14.9 Å². The van der Waals surface area contributed by atoms with E-state index in [0.29, 0.717) is 17.1 Å². The molecule has 2 rings (SSSR count). The molecule has 0 unspecified atom stereocenters. The number of carbonyl (C=O) groups is 1. The van der Waals surface area contributed by atoms with E-state index in [0.717, 1.165) is 12.8 Å². The van der Waals surface area contributed by atoms with Crippen molar-refractivity contribution in [1.82, 2.24) is 5.43 Å². The van der Waals surface area contributed by atoms with Crippen molar-refractivity contribution in [3.8, 4) is 11.5 Å². The molecule has 0 spiro atoms. The lowest BCUT2D eigenvalue weighted by Crippen LogP contribution is -2.17. The van der Waals surface area contributed by atoms with Gasteiger partial charge in [0.1, 0.15) is 0 Å². The zero-order chi connectivity index (χ0) is 16.5. The number of benzene rings is 2. The van der Waals surface area contributed by atoms with E-state index < -0.39 is 0 Å². The first-order chi connectivity index (χ1) is 11.2. The quantitative estimate of drug-likeness (QED) is 0.631. The van der Waals surface area contributed by atoms with Gasteiger partial charge in [0.05, 0.1) is 14.2 Å². The Morgan fingerprint density at radius 1 is 1.09 bits per heavy atom. The van der Waals surface area contributed by atoms with E-state index in [1.807, 2.05) is 18.2 Å². The van der Waals surface area contributed by atoms with Crippen molar-refractivity contribution in [2.75, 3.05) is 14.2 Å². The standard InChI is InChI=1S/C18H20N2O3/c1-22-16-11-10-15(13-17(16)23-2)18(21)20-19-12-6-9-14-7-4-3-5-8-14/h3-5,7-8,10-13H,6,9H2,1-2H3,(H,20,21). The second-order valence-electron chi connectivity index (χ2n) is 4.85. The third kappa shape index (κ3) is 4.85. The highest BCUT2D eigenvalue weighted by atomic mass is 16.5. The van der Waals surface area contributed by atoms with Crippen LogP contribution in [0.4, 0.5) is 0 Å². The van der Waals surface area contributed by atoms with Crippen LogP contribution in [0.2, 0.25) is 0 Å². The minimum absolute atomic E-state index is 0.290. The van der Waals surface area contributed by atoms with E-state index in [1.165, 1.54) is 12.7 Å². The molecule has 0 fully saturated rings. The van der Waals surface area contributed by atoms with Crippen molar-refractivity contribution >= 4 is 12.1 Å². The SMILES string of the molecule is COc1ccc(C(=O)NN=CCCc2ccccc2)cc1OC. The molecule has 0 saturated heterocycles. The molecule has 2 aromatic rings. The summed E-state index contributed by atoms with van der Waals surface area (Å²) >= 11 is 0. The first-order valence-corrected chi connectivity index (χ1v) is 7.32. The highest BCUT2D eigenvalue weighted by Crippen LogP contribution is 2.27. The van der Waals surface area contributed by atoms with Gasteiger partial charge in [0.25, 0.3) is 5.91 Å². The second kappa shape index (κ2) is 8.58. The topological polar surface area (TPSA) is 59.9 Å². The second-order valence-corrected chi connectivity index (χ2v) is 4.85. The zero-order valence-electron chi connectivity index (χ0n) is 13.3. The summed E-state index contributed by atoms with van der Waals surface area (Å²) in [7, 11) is 3.08. The molecule has 1 amide bonds. The summed E-state index contributed by atoms with van der Waals surface area (Å²) in [5.41, 5.74) is 4.21. The van der Waals surface area contributed by atoms with E-state index in [1.54, 1.807) is 31.5 Å². The summed E-state index contributed by atoms with van der Waals surface area (Å²) < 4.78 is 10.3. The van der Waals surface area contributed by atoms with Gasteiger partial charge >= 0.3 is 0 Å². The summed E-state index contributed by atoms with van der Waals surface area (Å²) in [5, 5.41) is 3.96. The number of aryl methyl sites for hydroxylation is 1. The van der Waals surface area contributed by atoms with E-state index in [9.17, 15) is 4.79 Å². The van der Waals surface area contributed by atoms with Crippen LogP contribution in [0.1, 0.15) is 22.3 Å². The number of methoxy groups -OCH3 is 2. The summed E-state index contributed by atoms with van der Waals surface area (Å²) in [5.74, 6) is 0.797. The average Bonchev–Trinajstić information content (AvgIpc) is 2.61. The van der Waals surface area contributed by atoms with Crippen LogP contribution in [0.5, 0.6) is 11.5 Å². The van der Waals surface area contributed by atoms with Crippen LogP contribution in [-0.2, 0) is 6.42 Å². The smallest absolute Gasteiger partial charge is 0.271 e. The van der Waals surface area contributed by atoms with Gasteiger partial charge in [-0.3, -0.25) is 4.79 Å². The van der Waals surface area contributed by atoms with Gasteiger partial charge in [-0.2, -0.15) is 5.10 Å². The molecule has 0 bridgehead atoms. The maximum atomic E-state index is 12.0. The fraction of sp³-hybridized carbons (Fsp3) is 0.222. The van der Waals surface area contributed by atoms with Crippen molar-refractivity contribution in [3.63, 3.8) is 0 Å². The first kappa shape index (κ1) is 16.5. The number of nitrogens with one attached hydrogen (secondary N) is 1. The third-order valence-electron chi connectivity index (χ3n) is 3.31. The maximum Gasteiger partial charge on any atom is 0.271 e. The Kier molecular flexibility index (Phi) is 6.17. The Hall–Kier alpha value is -2.82. The fourth-order valence-corrected chi connectivity index (χ4v) is 2.09. The maximum absolute atomic E-state index is 12.0. The number of nitrogens with zero attached hydrogens (tertiary/aromatic N) is 1. The van der Waals surface area contributed by atoms with Gasteiger partial charge in [-0.15, -0.1) is 0 Å². The van der Waals surface area contributed by atoms with Crippen molar-refractivity contribution in [2.45, 2.75) is 12.8 Å². The number of hydrogen-bond acceptors (Lipinski definition) is 4. The Balaban J connectivity index is 1.85. The van der Waals surface area contributed by atoms with Gasteiger partial charge in [0.2, 0.25) is 0 Å². The minimum Gasteiger partial charge on any atom is -0.493 e. The molecular weight excluding hydrogens is 292 g/mol. The molecule has 0 atom stereocenters. The molecule has 0 aliphatic heterocycles. The Bertz CT molecular complexity index is 669. The summed E-state index contributed by atoms with van der Waals surface area (Å²) in [4.78, 5) is 12.0. The molecule has 1 N–H and O–H groups in total. The predicted molar refractivity (Wildman–Crippen MR) is 90.3 cm³/mol. The molecule has 23 heavy (non-hydrogen) atoms. The highest BCUT2D eigenvalue weighted by molar-refractivity contribution is 5.95. The van der Waals surface area contributed by atoms with E-state index in [-0.39, 0.29) is 5.91 Å². The summed E-state index contributed by atoms with van der Waals surface area (Å²) in [6, 6.07) is 15.1. The van der Waals surface area contributed by atoms with Crippen molar-refractivity contribution < 1.29 is 14.3 Å². The molecular formula is C18H20N2O3. The monoisotopic (exact) mass is 312 g/mol. The number of amides is 1. The number of rotatable bonds is 7. The highest BCUT2D eigenvalue weighted by Gasteiger charge is 2.09. The number of carbonyl (C=O) groups excluding carboxylic acids is 1. The molecule has 2 aromatic carbocycles. The molecule has 0 aliphatic rings. The molecule has 0 aliphatic carbocycles. The van der Waals surface area contributed by atoms with E-state index >= 15 is 0 Å². The fourth-order valence-electron chi connectivity index (χ4n) is 2.09. The lowest BCUT2D eigenvalue weighted by atomic mass is 10.1. The Morgan fingerprint density at radius 3 is 2.52 bits per heavy atom. The molecule has 0 radical (unpaired) electrons. The summed E-state index contributed by atoms with van der Waals surface area (Å²) in [6.45, 7) is 0. The lowest BCUT2D eigenvalue weighted by Gasteiger charge is -2.08. The molecule has 0 saturated carbocycles. The average molecular weight is 312 g/mol. The van der Waals surface area contributed by atoms with Crippen molar-refractivity contribution in [3.05, 3.63) is 59.7 Å². The number of ether oxygens (including phenoxy) is 2. The molecule has 120 valence electrons. The normalized spacial score (nSPS) is 10.5. The van der Waals surface area contributed by atoms with Crippen LogP contribution in [0.25, 0.3) is 0 Å². The molecule has 5 heteroatoms. The van der Waals surface area contributed by atoms with Gasteiger partial charge in [-0.05, 0) is 36.6 Å². The van der Waals surface area contributed by atoms with Crippen molar-refractivity contribution in [2.24, 2.45) is 5.10 Å². The summed E-state index contributed by atoms with van der Waals surface area (Å²) in [6.07, 6.45) is 3.35. The number of hydrogen-bond donors (Lipinski definition) is 1. The Morgan fingerprint density at radius 2 is 1.83 bits per heavy atom. The third-order valence-corrected chi connectivity index (χ3v) is 3.31. The number of hydrazone groups is 1. The van der Waals surface area contributed by atoms with Gasteiger partial charge in [-0.25, -0.2) is 5.43 Å². The van der Waals surface area contributed by atoms with Crippen LogP contribution >= 0.6 is 0 Å². The Labute approximate surface area is 135 Å². The lowest BCUT2D eigenvalue weighted by molar-refractivity contribution is 0.0954. The molecule has 5 nitrogen and oxygen atoms in total. The van der Waals surface area contributed by atoms with Crippen molar-refractivity contribution in [1.29, 1.82) is 0 Å². The first-order valence-electron chi connectivity index (χ1n) is 7.32. The van der Waals surface area contributed by atoms with Crippen LogP contribution in [0, 0.1) is 0 Å². The van der Waals surface area contributed by atoms with Crippen LogP contribution in [-0.4, -0.2) is 26.3 Å². The van der Waals surface area contributed by atoms with Gasteiger partial charge in [-0.1, -0.05) is 30.3 Å². The predicted octanol–water partition coefficient (Wildman–Crippen LogP) is 3.05. The van der Waals surface area contributed by atoms with Gasteiger partial charge in [0.15, 0.2) is 11.5 Å². The minimum atomic E-state index is -0.290. The van der Waals surface area contributed by atoms with Gasteiger partial charge < -0.3 is 9.47 Å². The van der Waals surface area contributed by atoms with Crippen LogP contribution in [0.15, 0.2) is 53.6 Å². The largest absolute Gasteiger partial charge is 0.493 e. The van der Waals surface area contributed by atoms with Crippen LogP contribution in [0.3, 0.4) is 0 Å². The van der Waals surface area contributed by atoms with E-state index in [4.69, 9.17) is 9.47 Å². The van der Waals surface area contributed by atoms with Gasteiger partial charge in [0, 0.05) is 11.8 Å². The molecule has 0 heterocycles. The van der Waals surface area contributed by atoms with E-state index in [2.05, 4.69) is 22.7 Å².